The number of allylic oxidation sites excluding steroid dienone is 10. The molecule has 0 unspecified atom stereocenters. The van der Waals surface area contributed by atoms with Crippen molar-refractivity contribution < 1.29 is 19.5 Å². The highest BCUT2D eigenvalue weighted by Crippen LogP contribution is 2.67. The Labute approximate surface area is 237 Å². The molecule has 0 aliphatic heterocycles. The smallest absolute Gasteiger partial charge is 0.184 e. The highest BCUT2D eigenvalue weighted by Gasteiger charge is 2.75. The number of Topliss-reactive ketones (excluding diaryl/α,β-unsaturated/α-hetero) is 3. The van der Waals surface area contributed by atoms with Gasteiger partial charge in [-0.1, -0.05) is 67.4 Å². The van der Waals surface area contributed by atoms with Gasteiger partial charge >= 0.3 is 0 Å². The van der Waals surface area contributed by atoms with Gasteiger partial charge < -0.3 is 5.11 Å². The van der Waals surface area contributed by atoms with Crippen LogP contribution in [0.25, 0.3) is 0 Å². The van der Waals surface area contributed by atoms with Gasteiger partial charge in [-0.3, -0.25) is 14.4 Å². The van der Waals surface area contributed by atoms with Gasteiger partial charge in [0, 0.05) is 11.5 Å². The molecule has 1 N–H and O–H groups in total. The Morgan fingerprint density at radius 2 is 1.44 bits per heavy atom. The number of hydrogen-bond donors (Lipinski definition) is 1. The van der Waals surface area contributed by atoms with E-state index in [0.29, 0.717) is 25.7 Å². The standard InChI is InChI=1S/C35H52O4/c1-22(2)13-12-19-33(11)27(16-14-23(3)4)21-34(20-18-25(7)8)30(37)28(17-15-24(5)6)31(38)35(33,32(34)39)29(36)26(9)10/h13-15,18,26-27,37H,12,16-17,19-21H2,1-11H3/t27-,33+,34+,35+/m1/s1. The topological polar surface area (TPSA) is 71.4 Å². The van der Waals surface area contributed by atoms with Crippen LogP contribution in [0.1, 0.15) is 115 Å². The van der Waals surface area contributed by atoms with E-state index in [9.17, 15) is 19.5 Å². The summed E-state index contributed by atoms with van der Waals surface area (Å²) in [6.07, 6.45) is 11.0. The number of rotatable bonds is 11. The molecule has 0 aromatic heterocycles. The quantitative estimate of drug-likeness (QED) is 0.211. The molecule has 0 aromatic rings. The van der Waals surface area contributed by atoms with E-state index in [-0.39, 0.29) is 41.7 Å². The molecule has 0 spiro atoms. The van der Waals surface area contributed by atoms with Crippen molar-refractivity contribution in [3.8, 4) is 0 Å². The molecule has 0 aromatic carbocycles. The molecule has 1 saturated carbocycles. The van der Waals surface area contributed by atoms with Crippen LogP contribution in [0.3, 0.4) is 0 Å². The highest BCUT2D eigenvalue weighted by molar-refractivity contribution is 6.33. The maximum Gasteiger partial charge on any atom is 0.184 e. The van der Waals surface area contributed by atoms with Crippen molar-refractivity contribution in [2.75, 3.05) is 0 Å². The van der Waals surface area contributed by atoms with Crippen molar-refractivity contribution in [1.29, 1.82) is 0 Å². The molecule has 2 aliphatic rings. The van der Waals surface area contributed by atoms with Gasteiger partial charge in [-0.25, -0.2) is 0 Å². The molecule has 216 valence electrons. The van der Waals surface area contributed by atoms with Gasteiger partial charge in [0.2, 0.25) is 0 Å². The third kappa shape index (κ3) is 5.86. The zero-order chi connectivity index (χ0) is 29.9. The summed E-state index contributed by atoms with van der Waals surface area (Å²) in [4.78, 5) is 44.3. The van der Waals surface area contributed by atoms with Crippen LogP contribution in [0.5, 0.6) is 0 Å². The summed E-state index contributed by atoms with van der Waals surface area (Å²) in [6, 6.07) is 0. The molecule has 1 fully saturated rings. The number of carbonyl (C=O) groups excluding carboxylic acids is 3. The Bertz CT molecular complexity index is 1140. The fraction of sp³-hybridized carbons (Fsp3) is 0.629. The van der Waals surface area contributed by atoms with Crippen LogP contribution in [-0.2, 0) is 14.4 Å². The molecular formula is C35H52O4. The summed E-state index contributed by atoms with van der Waals surface area (Å²) in [5.74, 6) is -1.93. The van der Waals surface area contributed by atoms with E-state index < -0.39 is 27.9 Å². The summed E-state index contributed by atoms with van der Waals surface area (Å²) in [6.45, 7) is 21.6. The Morgan fingerprint density at radius 1 is 0.897 bits per heavy atom. The first-order chi connectivity index (χ1) is 18.0. The Kier molecular flexibility index (Phi) is 10.4. The zero-order valence-electron chi connectivity index (χ0n) is 26.4. The molecule has 4 heteroatoms. The number of aliphatic hydroxyl groups excluding tert-OH is 1. The van der Waals surface area contributed by atoms with E-state index in [4.69, 9.17) is 0 Å². The van der Waals surface area contributed by atoms with Crippen LogP contribution >= 0.6 is 0 Å². The van der Waals surface area contributed by atoms with Crippen LogP contribution in [0.4, 0.5) is 0 Å². The summed E-state index contributed by atoms with van der Waals surface area (Å²) in [7, 11) is 0. The lowest BCUT2D eigenvalue weighted by Crippen LogP contribution is -2.71. The van der Waals surface area contributed by atoms with E-state index >= 15 is 0 Å². The largest absolute Gasteiger partial charge is 0.511 e. The molecule has 0 amide bonds. The monoisotopic (exact) mass is 536 g/mol. The second-order valence-corrected chi connectivity index (χ2v) is 13.5. The minimum atomic E-state index is -1.83. The normalized spacial score (nSPS) is 28.3. The minimum Gasteiger partial charge on any atom is -0.511 e. The van der Waals surface area contributed by atoms with Gasteiger partial charge in [0.15, 0.2) is 22.8 Å². The number of ketones is 3. The van der Waals surface area contributed by atoms with E-state index in [0.717, 1.165) is 16.7 Å². The van der Waals surface area contributed by atoms with Crippen molar-refractivity contribution in [1.82, 2.24) is 0 Å². The van der Waals surface area contributed by atoms with Gasteiger partial charge in [0.25, 0.3) is 0 Å². The van der Waals surface area contributed by atoms with Gasteiger partial charge in [0.05, 0.1) is 5.41 Å². The lowest BCUT2D eigenvalue weighted by atomic mass is 9.38. The summed E-state index contributed by atoms with van der Waals surface area (Å²) >= 11 is 0. The Morgan fingerprint density at radius 3 is 1.92 bits per heavy atom. The number of hydrogen-bond acceptors (Lipinski definition) is 4. The van der Waals surface area contributed by atoms with Crippen molar-refractivity contribution in [2.24, 2.45) is 28.1 Å². The van der Waals surface area contributed by atoms with Gasteiger partial charge in [-0.05, 0) is 105 Å². The lowest BCUT2D eigenvalue weighted by Gasteiger charge is -2.61. The molecule has 0 heterocycles. The van der Waals surface area contributed by atoms with Crippen LogP contribution in [-0.4, -0.2) is 22.5 Å². The second-order valence-electron chi connectivity index (χ2n) is 13.5. The maximum atomic E-state index is 15.0. The van der Waals surface area contributed by atoms with Gasteiger partial charge in [-0.15, -0.1) is 0 Å². The molecular weight excluding hydrogens is 484 g/mol. The lowest BCUT2D eigenvalue weighted by molar-refractivity contribution is -0.180. The van der Waals surface area contributed by atoms with Crippen LogP contribution in [0, 0.1) is 28.1 Å². The maximum absolute atomic E-state index is 15.0. The SMILES string of the molecule is CC(C)=CCC[C@@]1(C)[C@H](CC=C(C)C)C[C@]2(CC=C(C)C)C(=O)[C@]1(C(=O)C(C)C)C(=O)C(CC=C(C)C)=C2O. The average Bonchev–Trinajstić information content (AvgIpc) is 2.81. The van der Waals surface area contributed by atoms with Crippen LogP contribution < -0.4 is 0 Å². The number of fused-ring (bicyclic) bond motifs is 2. The first-order valence-electron chi connectivity index (χ1n) is 14.6. The molecule has 0 saturated heterocycles. The Balaban J connectivity index is 3.09. The number of aliphatic hydroxyl groups is 1. The summed E-state index contributed by atoms with van der Waals surface area (Å²) < 4.78 is 0. The summed E-state index contributed by atoms with van der Waals surface area (Å²) in [5.41, 5.74) is 0.583. The van der Waals surface area contributed by atoms with Crippen molar-refractivity contribution in [3.63, 3.8) is 0 Å². The van der Waals surface area contributed by atoms with Crippen molar-refractivity contribution in [3.05, 3.63) is 57.9 Å². The zero-order valence-corrected chi connectivity index (χ0v) is 26.4. The molecule has 2 rings (SSSR count). The third-order valence-electron chi connectivity index (χ3n) is 8.98. The Hall–Kier alpha value is -2.49. The van der Waals surface area contributed by atoms with E-state index in [1.807, 2.05) is 74.5 Å². The van der Waals surface area contributed by atoms with Crippen LogP contribution in [0.15, 0.2) is 57.9 Å². The number of carbonyl (C=O) groups is 3. The fourth-order valence-electron chi connectivity index (χ4n) is 6.71. The third-order valence-corrected chi connectivity index (χ3v) is 8.98. The molecule has 4 atom stereocenters. The van der Waals surface area contributed by atoms with Crippen molar-refractivity contribution >= 4 is 17.3 Å². The molecule has 0 radical (unpaired) electrons. The van der Waals surface area contributed by atoms with Gasteiger partial charge in [-0.2, -0.15) is 0 Å². The first-order valence-corrected chi connectivity index (χ1v) is 14.6. The van der Waals surface area contributed by atoms with E-state index in [1.54, 1.807) is 13.8 Å². The second kappa shape index (κ2) is 12.4. The van der Waals surface area contributed by atoms with Crippen LogP contribution in [0.2, 0.25) is 0 Å². The van der Waals surface area contributed by atoms with E-state index in [1.165, 1.54) is 5.57 Å². The van der Waals surface area contributed by atoms with E-state index in [2.05, 4.69) is 12.2 Å². The fourth-order valence-corrected chi connectivity index (χ4v) is 6.71. The summed E-state index contributed by atoms with van der Waals surface area (Å²) in [5, 5.41) is 11.9. The average molecular weight is 537 g/mol. The van der Waals surface area contributed by atoms with Gasteiger partial charge in [0.1, 0.15) is 5.76 Å². The van der Waals surface area contributed by atoms with Crippen molar-refractivity contribution in [2.45, 2.75) is 115 Å². The molecule has 2 bridgehead atoms. The molecule has 39 heavy (non-hydrogen) atoms. The predicted octanol–water partition coefficient (Wildman–Crippen LogP) is 8.99. The predicted molar refractivity (Wildman–Crippen MR) is 161 cm³/mol. The minimum absolute atomic E-state index is 0.117. The molecule has 4 nitrogen and oxygen atoms in total. The molecule has 2 aliphatic carbocycles. The highest BCUT2D eigenvalue weighted by atomic mass is 16.3. The first kappa shape index (κ1) is 32.7.